The second-order valence-corrected chi connectivity index (χ2v) is 5.31. The summed E-state index contributed by atoms with van der Waals surface area (Å²) in [6, 6.07) is 7.86. The van der Waals surface area contributed by atoms with E-state index in [0.29, 0.717) is 15.8 Å². The molecule has 0 spiro atoms. The number of nitrogens with one attached hydrogen (secondary N) is 1. The van der Waals surface area contributed by atoms with E-state index in [1.54, 1.807) is 18.2 Å². The minimum atomic E-state index is -0.560. The zero-order chi connectivity index (χ0) is 15.4. The van der Waals surface area contributed by atoms with Crippen LogP contribution in [0.15, 0.2) is 34.7 Å². The van der Waals surface area contributed by atoms with E-state index >= 15 is 0 Å². The maximum absolute atomic E-state index is 10.7. The van der Waals surface area contributed by atoms with Gasteiger partial charge in [-0.3, -0.25) is 10.1 Å². The molecule has 112 valence electrons. The maximum Gasteiger partial charge on any atom is 0.433 e. The lowest BCUT2D eigenvalue weighted by Gasteiger charge is -2.17. The van der Waals surface area contributed by atoms with Crippen LogP contribution in [0.25, 0.3) is 0 Å². The summed E-state index contributed by atoms with van der Waals surface area (Å²) < 4.78 is 5.29. The molecule has 0 radical (unpaired) electrons. The lowest BCUT2D eigenvalue weighted by molar-refractivity contribution is -0.402. The molecule has 21 heavy (non-hydrogen) atoms. The van der Waals surface area contributed by atoms with Crippen molar-refractivity contribution in [3.8, 4) is 0 Å². The van der Waals surface area contributed by atoms with Crippen LogP contribution < -0.4 is 5.32 Å². The van der Waals surface area contributed by atoms with Gasteiger partial charge in [0.2, 0.25) is 0 Å². The van der Waals surface area contributed by atoms with Crippen molar-refractivity contribution in [1.29, 1.82) is 0 Å². The highest BCUT2D eigenvalue weighted by Crippen LogP contribution is 2.31. The summed E-state index contributed by atoms with van der Waals surface area (Å²) in [5.41, 5.74) is 0.835. The SMILES string of the molecule is CCCNC(c1ccc(Cl)c(Cl)c1)c1ccc([N+](=O)[O-])o1. The first-order valence-corrected chi connectivity index (χ1v) is 7.21. The Labute approximate surface area is 132 Å². The van der Waals surface area contributed by atoms with Gasteiger partial charge in [0.25, 0.3) is 0 Å². The average molecular weight is 329 g/mol. The Balaban J connectivity index is 2.36. The highest BCUT2D eigenvalue weighted by atomic mass is 35.5. The van der Waals surface area contributed by atoms with Crippen molar-refractivity contribution in [2.75, 3.05) is 6.54 Å². The van der Waals surface area contributed by atoms with Crippen molar-refractivity contribution in [3.05, 3.63) is 61.8 Å². The van der Waals surface area contributed by atoms with E-state index < -0.39 is 4.92 Å². The third-order valence-corrected chi connectivity index (χ3v) is 3.69. The molecule has 1 atom stereocenters. The zero-order valence-electron chi connectivity index (χ0n) is 11.3. The molecule has 7 heteroatoms. The largest absolute Gasteiger partial charge is 0.433 e. The highest BCUT2D eigenvalue weighted by Gasteiger charge is 2.21. The number of hydrogen-bond donors (Lipinski definition) is 1. The molecule has 0 fully saturated rings. The van der Waals surface area contributed by atoms with E-state index in [4.69, 9.17) is 27.6 Å². The van der Waals surface area contributed by atoms with Crippen molar-refractivity contribution < 1.29 is 9.34 Å². The monoisotopic (exact) mass is 328 g/mol. The first kappa shape index (κ1) is 15.8. The Bertz CT molecular complexity index is 643. The molecule has 0 saturated carbocycles. The van der Waals surface area contributed by atoms with Gasteiger partial charge in [-0.25, -0.2) is 0 Å². The highest BCUT2D eigenvalue weighted by molar-refractivity contribution is 6.42. The lowest BCUT2D eigenvalue weighted by atomic mass is 10.0. The van der Waals surface area contributed by atoms with Crippen LogP contribution in [-0.4, -0.2) is 11.5 Å². The van der Waals surface area contributed by atoms with Crippen LogP contribution in [0.2, 0.25) is 10.0 Å². The zero-order valence-corrected chi connectivity index (χ0v) is 12.8. The van der Waals surface area contributed by atoms with E-state index in [2.05, 4.69) is 5.32 Å². The third kappa shape index (κ3) is 3.75. The van der Waals surface area contributed by atoms with Crippen LogP contribution in [0.5, 0.6) is 0 Å². The molecule has 1 aromatic carbocycles. The van der Waals surface area contributed by atoms with Gasteiger partial charge in [0.1, 0.15) is 10.7 Å². The normalized spacial score (nSPS) is 12.3. The van der Waals surface area contributed by atoms with Gasteiger partial charge in [-0.05, 0) is 36.7 Å². The first-order valence-electron chi connectivity index (χ1n) is 6.45. The van der Waals surface area contributed by atoms with Crippen molar-refractivity contribution in [1.82, 2.24) is 5.32 Å². The Hall–Kier alpha value is -1.56. The lowest BCUT2D eigenvalue weighted by Crippen LogP contribution is -2.22. The van der Waals surface area contributed by atoms with E-state index in [0.717, 1.165) is 18.5 Å². The summed E-state index contributed by atoms with van der Waals surface area (Å²) in [5.74, 6) is 0.182. The Morgan fingerprint density at radius 3 is 2.62 bits per heavy atom. The standard InChI is InChI=1S/C14H14Cl2N2O3/c1-2-7-17-14(9-3-4-10(15)11(16)8-9)12-5-6-13(21-12)18(19)20/h3-6,8,14,17H,2,7H2,1H3. The van der Waals surface area contributed by atoms with Gasteiger partial charge < -0.3 is 9.73 Å². The molecule has 2 rings (SSSR count). The number of benzene rings is 1. The molecule has 0 bridgehead atoms. The fourth-order valence-electron chi connectivity index (χ4n) is 1.96. The van der Waals surface area contributed by atoms with Crippen molar-refractivity contribution in [3.63, 3.8) is 0 Å². The smallest absolute Gasteiger partial charge is 0.404 e. The number of nitro groups is 1. The molecule has 0 aliphatic carbocycles. The van der Waals surface area contributed by atoms with Crippen molar-refractivity contribution in [2.45, 2.75) is 19.4 Å². The summed E-state index contributed by atoms with van der Waals surface area (Å²) >= 11 is 12.0. The fourth-order valence-corrected chi connectivity index (χ4v) is 2.27. The molecular formula is C14H14Cl2N2O3. The van der Waals surface area contributed by atoms with Crippen LogP contribution in [-0.2, 0) is 0 Å². The summed E-state index contributed by atoms with van der Waals surface area (Å²) in [6.45, 7) is 2.77. The molecule has 5 nitrogen and oxygen atoms in total. The number of rotatable bonds is 6. The topological polar surface area (TPSA) is 68.3 Å². The summed E-state index contributed by atoms with van der Waals surface area (Å²) in [7, 11) is 0. The van der Waals surface area contributed by atoms with Crippen LogP contribution >= 0.6 is 23.2 Å². The van der Waals surface area contributed by atoms with Gasteiger partial charge in [0, 0.05) is 0 Å². The predicted molar refractivity (Wildman–Crippen MR) is 82.0 cm³/mol. The molecule has 0 aliphatic heterocycles. The Kier molecular flexibility index (Phi) is 5.22. The van der Waals surface area contributed by atoms with Crippen LogP contribution in [0.3, 0.4) is 0 Å². The first-order chi connectivity index (χ1) is 10.0. The number of hydrogen-bond acceptors (Lipinski definition) is 4. The number of nitrogens with zero attached hydrogens (tertiary/aromatic N) is 1. The van der Waals surface area contributed by atoms with Gasteiger partial charge in [-0.1, -0.05) is 36.2 Å². The van der Waals surface area contributed by atoms with Gasteiger partial charge >= 0.3 is 5.88 Å². The molecule has 0 saturated heterocycles. The van der Waals surface area contributed by atoms with Crippen molar-refractivity contribution >= 4 is 29.1 Å². The number of halogens is 2. The molecular weight excluding hydrogens is 315 g/mol. The summed E-state index contributed by atoms with van der Waals surface area (Å²) in [5, 5.41) is 14.9. The molecule has 0 aliphatic rings. The van der Waals surface area contributed by atoms with Crippen LogP contribution in [0.1, 0.15) is 30.7 Å². The molecule has 2 aromatic rings. The average Bonchev–Trinajstić information content (AvgIpc) is 2.93. The van der Waals surface area contributed by atoms with Gasteiger partial charge in [0.05, 0.1) is 22.2 Å². The fraction of sp³-hybridized carbons (Fsp3) is 0.286. The quantitative estimate of drug-likeness (QED) is 0.622. The molecule has 1 aromatic heterocycles. The Morgan fingerprint density at radius 2 is 2.05 bits per heavy atom. The second-order valence-electron chi connectivity index (χ2n) is 4.49. The minimum Gasteiger partial charge on any atom is -0.404 e. The molecule has 1 N–H and O–H groups in total. The van der Waals surface area contributed by atoms with Gasteiger partial charge in [0.15, 0.2) is 0 Å². The summed E-state index contributed by atoms with van der Waals surface area (Å²) in [6.07, 6.45) is 0.917. The molecule has 1 heterocycles. The molecule has 1 unspecified atom stereocenters. The van der Waals surface area contributed by atoms with E-state index in [-0.39, 0.29) is 11.9 Å². The minimum absolute atomic E-state index is 0.284. The van der Waals surface area contributed by atoms with Crippen LogP contribution in [0, 0.1) is 10.1 Å². The molecule has 0 amide bonds. The maximum atomic E-state index is 10.7. The van der Waals surface area contributed by atoms with Gasteiger partial charge in [-0.15, -0.1) is 0 Å². The third-order valence-electron chi connectivity index (χ3n) is 2.95. The Morgan fingerprint density at radius 1 is 1.29 bits per heavy atom. The summed E-state index contributed by atoms with van der Waals surface area (Å²) in [4.78, 5) is 10.2. The van der Waals surface area contributed by atoms with Crippen LogP contribution in [0.4, 0.5) is 5.88 Å². The van der Waals surface area contributed by atoms with E-state index in [9.17, 15) is 10.1 Å². The van der Waals surface area contributed by atoms with Gasteiger partial charge in [-0.2, -0.15) is 0 Å². The predicted octanol–water partition coefficient (Wildman–Crippen LogP) is 4.58. The van der Waals surface area contributed by atoms with E-state index in [1.165, 1.54) is 6.07 Å². The van der Waals surface area contributed by atoms with E-state index in [1.807, 2.05) is 13.0 Å². The second kappa shape index (κ2) is 6.93. The van der Waals surface area contributed by atoms with Crippen molar-refractivity contribution in [2.24, 2.45) is 0 Å². The number of furan rings is 1.